The van der Waals surface area contributed by atoms with E-state index in [9.17, 15) is 0 Å². The van der Waals surface area contributed by atoms with Crippen molar-refractivity contribution in [1.29, 1.82) is 0 Å². The van der Waals surface area contributed by atoms with E-state index >= 15 is 0 Å². The Hall–Kier alpha value is -1.06. The Morgan fingerprint density at radius 3 is 2.81 bits per heavy atom. The second-order valence-electron chi connectivity index (χ2n) is 4.90. The van der Waals surface area contributed by atoms with Gasteiger partial charge >= 0.3 is 0 Å². The molecular weight excluding hydrogens is 202 g/mol. The van der Waals surface area contributed by atoms with Crippen molar-refractivity contribution in [1.82, 2.24) is 0 Å². The van der Waals surface area contributed by atoms with E-state index in [1.54, 1.807) is 7.11 Å². The van der Waals surface area contributed by atoms with Crippen molar-refractivity contribution in [2.24, 2.45) is 5.73 Å². The number of ether oxygens (including phenoxy) is 2. The van der Waals surface area contributed by atoms with Crippen molar-refractivity contribution in [3.05, 3.63) is 29.8 Å². The van der Waals surface area contributed by atoms with E-state index in [1.165, 1.54) is 0 Å². The van der Waals surface area contributed by atoms with Gasteiger partial charge in [-0.05, 0) is 6.07 Å². The lowest BCUT2D eigenvalue weighted by Crippen LogP contribution is -2.55. The molecule has 86 valence electrons. The zero-order valence-corrected chi connectivity index (χ0v) is 9.48. The second-order valence-corrected chi connectivity index (χ2v) is 4.90. The number of para-hydroxylation sites is 1. The molecule has 1 aliphatic carbocycles. The Morgan fingerprint density at radius 1 is 1.31 bits per heavy atom. The number of hydrogen-bond acceptors (Lipinski definition) is 3. The number of rotatable bonds is 1. The average Bonchev–Trinajstić information content (AvgIpc) is 2.25. The molecule has 1 aromatic rings. The lowest BCUT2D eigenvalue weighted by Gasteiger charge is -2.50. The maximum atomic E-state index is 6.20. The van der Waals surface area contributed by atoms with Crippen LogP contribution in [0.4, 0.5) is 0 Å². The zero-order valence-electron chi connectivity index (χ0n) is 9.48. The summed E-state index contributed by atoms with van der Waals surface area (Å²) in [7, 11) is 1.76. The first-order valence-electron chi connectivity index (χ1n) is 5.79. The second kappa shape index (κ2) is 3.47. The molecule has 2 N–H and O–H groups in total. The van der Waals surface area contributed by atoms with Crippen molar-refractivity contribution < 1.29 is 9.47 Å². The Balaban J connectivity index is 1.85. The van der Waals surface area contributed by atoms with Gasteiger partial charge in [-0.1, -0.05) is 18.2 Å². The Kier molecular flexibility index (Phi) is 2.19. The molecule has 2 aliphatic rings. The SMILES string of the molecule is COC1CC2(C1)C[C@H](N)c1ccccc1O2. The first-order valence-corrected chi connectivity index (χ1v) is 5.79. The lowest BCUT2D eigenvalue weighted by atomic mass is 9.71. The summed E-state index contributed by atoms with van der Waals surface area (Å²) in [6, 6.07) is 8.17. The van der Waals surface area contributed by atoms with Crippen LogP contribution in [0.2, 0.25) is 0 Å². The number of benzene rings is 1. The molecule has 0 amide bonds. The smallest absolute Gasteiger partial charge is 0.124 e. The van der Waals surface area contributed by atoms with Crippen LogP contribution in [0.15, 0.2) is 24.3 Å². The van der Waals surface area contributed by atoms with Crippen LogP contribution in [0.1, 0.15) is 30.9 Å². The van der Waals surface area contributed by atoms with Crippen LogP contribution in [0.3, 0.4) is 0 Å². The molecule has 1 spiro atoms. The minimum Gasteiger partial charge on any atom is -0.487 e. The summed E-state index contributed by atoms with van der Waals surface area (Å²) >= 11 is 0. The largest absolute Gasteiger partial charge is 0.487 e. The molecule has 1 saturated carbocycles. The van der Waals surface area contributed by atoms with Crippen molar-refractivity contribution in [2.45, 2.75) is 37.0 Å². The van der Waals surface area contributed by atoms with Gasteiger partial charge in [0.05, 0.1) is 6.10 Å². The van der Waals surface area contributed by atoms with Gasteiger partial charge in [0.25, 0.3) is 0 Å². The van der Waals surface area contributed by atoms with Crippen LogP contribution in [0.5, 0.6) is 5.75 Å². The monoisotopic (exact) mass is 219 g/mol. The van der Waals surface area contributed by atoms with Crippen LogP contribution in [0, 0.1) is 0 Å². The highest BCUT2D eigenvalue weighted by atomic mass is 16.5. The average molecular weight is 219 g/mol. The molecule has 3 heteroatoms. The lowest BCUT2D eigenvalue weighted by molar-refractivity contribution is -0.124. The van der Waals surface area contributed by atoms with Gasteiger partial charge in [0.2, 0.25) is 0 Å². The Labute approximate surface area is 95.5 Å². The van der Waals surface area contributed by atoms with Crippen molar-refractivity contribution in [3.8, 4) is 5.75 Å². The first kappa shape index (κ1) is 10.1. The van der Waals surface area contributed by atoms with E-state index < -0.39 is 0 Å². The van der Waals surface area contributed by atoms with E-state index in [0.717, 1.165) is 30.6 Å². The van der Waals surface area contributed by atoms with Crippen LogP contribution >= 0.6 is 0 Å². The van der Waals surface area contributed by atoms with E-state index in [-0.39, 0.29) is 11.6 Å². The molecule has 1 atom stereocenters. The van der Waals surface area contributed by atoms with Crippen LogP contribution in [-0.4, -0.2) is 18.8 Å². The molecule has 3 rings (SSSR count). The van der Waals surface area contributed by atoms with Gasteiger partial charge in [0.15, 0.2) is 0 Å². The summed E-state index contributed by atoms with van der Waals surface area (Å²) in [5.74, 6) is 0.954. The van der Waals surface area contributed by atoms with E-state index in [4.69, 9.17) is 15.2 Å². The van der Waals surface area contributed by atoms with Gasteiger partial charge < -0.3 is 15.2 Å². The predicted octanol–water partition coefficient (Wildman–Crippen LogP) is 2.02. The van der Waals surface area contributed by atoms with Crippen molar-refractivity contribution in [3.63, 3.8) is 0 Å². The summed E-state index contributed by atoms with van der Waals surface area (Å²) in [5, 5.41) is 0. The summed E-state index contributed by atoms with van der Waals surface area (Å²) in [6.07, 6.45) is 3.18. The molecule has 0 saturated heterocycles. The number of nitrogens with two attached hydrogens (primary N) is 1. The normalized spacial score (nSPS) is 36.4. The van der Waals surface area contributed by atoms with Crippen LogP contribution < -0.4 is 10.5 Å². The number of methoxy groups -OCH3 is 1. The topological polar surface area (TPSA) is 44.5 Å². The standard InChI is InChI=1S/C13H17NO2/c1-15-9-6-13(7-9)8-11(14)10-4-2-3-5-12(10)16-13/h2-5,9,11H,6-8,14H2,1H3/t9?,11-,13?/m0/s1. The quantitative estimate of drug-likeness (QED) is 0.786. The van der Waals surface area contributed by atoms with Gasteiger partial charge in [0.1, 0.15) is 11.4 Å². The third kappa shape index (κ3) is 1.43. The van der Waals surface area contributed by atoms with E-state index in [0.29, 0.717) is 6.10 Å². The number of hydrogen-bond donors (Lipinski definition) is 1. The predicted molar refractivity (Wildman–Crippen MR) is 61.4 cm³/mol. The Bertz CT molecular complexity index is 399. The number of fused-ring (bicyclic) bond motifs is 1. The maximum absolute atomic E-state index is 6.20. The molecule has 1 fully saturated rings. The fourth-order valence-corrected chi connectivity index (χ4v) is 2.85. The molecular formula is C13H17NO2. The van der Waals surface area contributed by atoms with Gasteiger partial charge in [-0.15, -0.1) is 0 Å². The fourth-order valence-electron chi connectivity index (χ4n) is 2.85. The maximum Gasteiger partial charge on any atom is 0.124 e. The first-order chi connectivity index (χ1) is 7.72. The molecule has 16 heavy (non-hydrogen) atoms. The summed E-state index contributed by atoms with van der Waals surface area (Å²) < 4.78 is 11.4. The molecule has 0 bridgehead atoms. The Morgan fingerprint density at radius 2 is 2.06 bits per heavy atom. The summed E-state index contributed by atoms with van der Waals surface area (Å²) in [5.41, 5.74) is 7.27. The highest BCUT2D eigenvalue weighted by Crippen LogP contribution is 2.48. The molecule has 1 aromatic carbocycles. The highest BCUT2D eigenvalue weighted by Gasteiger charge is 2.50. The molecule has 1 heterocycles. The van der Waals surface area contributed by atoms with E-state index in [1.807, 2.05) is 18.2 Å². The van der Waals surface area contributed by atoms with Gasteiger partial charge in [-0.3, -0.25) is 0 Å². The van der Waals surface area contributed by atoms with Crippen molar-refractivity contribution in [2.75, 3.05) is 7.11 Å². The van der Waals surface area contributed by atoms with Gasteiger partial charge in [-0.25, -0.2) is 0 Å². The molecule has 1 aliphatic heterocycles. The molecule has 0 unspecified atom stereocenters. The fraction of sp³-hybridized carbons (Fsp3) is 0.538. The minimum absolute atomic E-state index is 0.0611. The zero-order chi connectivity index (χ0) is 11.2. The van der Waals surface area contributed by atoms with Gasteiger partial charge in [0, 0.05) is 38.0 Å². The molecule has 0 aromatic heterocycles. The van der Waals surface area contributed by atoms with Crippen molar-refractivity contribution >= 4 is 0 Å². The summed E-state index contributed by atoms with van der Waals surface area (Å²) in [6.45, 7) is 0. The minimum atomic E-state index is -0.0611. The molecule has 3 nitrogen and oxygen atoms in total. The van der Waals surface area contributed by atoms with Gasteiger partial charge in [-0.2, -0.15) is 0 Å². The summed E-state index contributed by atoms with van der Waals surface area (Å²) in [4.78, 5) is 0. The highest BCUT2D eigenvalue weighted by molar-refractivity contribution is 5.39. The third-order valence-corrected chi connectivity index (χ3v) is 3.77. The van der Waals surface area contributed by atoms with E-state index in [2.05, 4.69) is 6.07 Å². The third-order valence-electron chi connectivity index (χ3n) is 3.77. The van der Waals surface area contributed by atoms with Crippen LogP contribution in [-0.2, 0) is 4.74 Å². The van der Waals surface area contributed by atoms with Crippen LogP contribution in [0.25, 0.3) is 0 Å². The molecule has 0 radical (unpaired) electrons.